The van der Waals surface area contributed by atoms with Gasteiger partial charge in [0.15, 0.2) is 0 Å². The highest BCUT2D eigenvalue weighted by Gasteiger charge is 2.10. The van der Waals surface area contributed by atoms with Gasteiger partial charge in [-0.2, -0.15) is 14.9 Å². The van der Waals surface area contributed by atoms with Gasteiger partial charge in [0.2, 0.25) is 4.77 Å². The number of esters is 1. The molecule has 0 aliphatic rings. The average molecular weight is 304 g/mol. The summed E-state index contributed by atoms with van der Waals surface area (Å²) >= 11 is 5.00. The van der Waals surface area contributed by atoms with Crippen LogP contribution in [0.25, 0.3) is 0 Å². The van der Waals surface area contributed by atoms with Crippen LogP contribution >= 0.6 is 12.2 Å². The predicted molar refractivity (Wildman–Crippen MR) is 82.0 cm³/mol. The van der Waals surface area contributed by atoms with E-state index in [4.69, 9.17) is 17.0 Å². The molecule has 7 heteroatoms. The molecule has 0 spiro atoms. The number of carbonyl (C=O) groups excluding carboxylic acids is 1. The largest absolute Gasteiger partial charge is 0.462 e. The summed E-state index contributed by atoms with van der Waals surface area (Å²) in [7, 11) is 0. The highest BCUT2D eigenvalue weighted by atomic mass is 32.1. The minimum atomic E-state index is -0.346. The Kier molecular flexibility index (Phi) is 5.39. The van der Waals surface area contributed by atoms with Crippen molar-refractivity contribution in [1.29, 1.82) is 0 Å². The third kappa shape index (κ3) is 4.09. The van der Waals surface area contributed by atoms with Crippen molar-refractivity contribution >= 4 is 24.4 Å². The lowest BCUT2D eigenvalue weighted by Gasteiger charge is -2.06. The van der Waals surface area contributed by atoms with Gasteiger partial charge in [-0.1, -0.05) is 31.5 Å². The van der Waals surface area contributed by atoms with E-state index in [1.165, 1.54) is 11.0 Å². The van der Waals surface area contributed by atoms with E-state index in [1.54, 1.807) is 24.4 Å². The van der Waals surface area contributed by atoms with Crippen molar-refractivity contribution in [3.05, 3.63) is 46.5 Å². The monoisotopic (exact) mass is 304 g/mol. The third-order valence-corrected chi connectivity index (χ3v) is 3.05. The first-order valence-electron chi connectivity index (χ1n) is 6.65. The van der Waals surface area contributed by atoms with Gasteiger partial charge < -0.3 is 4.74 Å². The number of benzene rings is 1. The molecule has 0 aliphatic heterocycles. The second-order valence-corrected chi connectivity index (χ2v) is 4.71. The van der Waals surface area contributed by atoms with Crippen molar-refractivity contribution in [2.45, 2.75) is 19.8 Å². The molecule has 1 heterocycles. The number of hydrogen-bond donors (Lipinski definition) is 1. The number of nitrogens with zero attached hydrogens (tertiary/aromatic N) is 3. The van der Waals surface area contributed by atoms with Crippen molar-refractivity contribution in [2.75, 3.05) is 6.61 Å². The van der Waals surface area contributed by atoms with Crippen molar-refractivity contribution in [3.63, 3.8) is 0 Å². The van der Waals surface area contributed by atoms with Crippen LogP contribution in [-0.4, -0.2) is 33.7 Å². The quantitative estimate of drug-likeness (QED) is 0.385. The lowest BCUT2D eigenvalue weighted by atomic mass is 10.1. The number of aromatic amines is 1. The van der Waals surface area contributed by atoms with E-state index in [-0.39, 0.29) is 5.97 Å². The van der Waals surface area contributed by atoms with Gasteiger partial charge in [0.05, 0.1) is 18.4 Å². The van der Waals surface area contributed by atoms with Gasteiger partial charge in [0.25, 0.3) is 0 Å². The van der Waals surface area contributed by atoms with Crippen LogP contribution in [0, 0.1) is 4.77 Å². The Morgan fingerprint density at radius 2 is 2.33 bits per heavy atom. The maximum absolute atomic E-state index is 12.0. The zero-order valence-electron chi connectivity index (χ0n) is 11.7. The highest BCUT2D eigenvalue weighted by molar-refractivity contribution is 7.71. The van der Waals surface area contributed by atoms with Crippen molar-refractivity contribution in [3.8, 4) is 0 Å². The number of nitrogens with one attached hydrogen (secondary N) is 1. The summed E-state index contributed by atoms with van der Waals surface area (Å²) < 4.78 is 7.02. The molecule has 2 rings (SSSR count). The van der Waals surface area contributed by atoms with E-state index >= 15 is 0 Å². The fourth-order valence-electron chi connectivity index (χ4n) is 1.63. The average Bonchev–Trinajstić information content (AvgIpc) is 2.91. The Morgan fingerprint density at radius 1 is 1.52 bits per heavy atom. The summed E-state index contributed by atoms with van der Waals surface area (Å²) in [5, 5.41) is 10.5. The molecule has 0 saturated carbocycles. The lowest BCUT2D eigenvalue weighted by Crippen LogP contribution is -2.09. The first-order chi connectivity index (χ1) is 10.2. The maximum atomic E-state index is 12.0. The van der Waals surface area contributed by atoms with Gasteiger partial charge in [-0.05, 0) is 24.7 Å². The van der Waals surface area contributed by atoms with Crippen LogP contribution < -0.4 is 0 Å². The molecule has 0 bridgehead atoms. The summed E-state index contributed by atoms with van der Waals surface area (Å²) in [5.41, 5.74) is 1.15. The number of rotatable bonds is 6. The topological polar surface area (TPSA) is 72.3 Å². The standard InChI is InChI=1S/C14H16N4O2S/c1-2-3-8-20-13(19)12-7-5-4-6-11(12)9-16-18-10-15-17-14(18)21/h4-7,9-10H,2-3,8H2,1H3,(H,17,21)/b16-9-. The van der Waals surface area contributed by atoms with E-state index in [0.29, 0.717) is 22.5 Å². The molecule has 21 heavy (non-hydrogen) atoms. The lowest BCUT2D eigenvalue weighted by molar-refractivity contribution is 0.0499. The number of H-pyrrole nitrogens is 1. The van der Waals surface area contributed by atoms with Gasteiger partial charge in [-0.25, -0.2) is 4.79 Å². The summed E-state index contributed by atoms with van der Waals surface area (Å²) in [6.45, 7) is 2.47. The first kappa shape index (κ1) is 15.1. The Labute approximate surface area is 127 Å². The molecular weight excluding hydrogens is 288 g/mol. The summed E-state index contributed by atoms with van der Waals surface area (Å²) in [6.07, 6.45) is 4.85. The van der Waals surface area contributed by atoms with E-state index in [2.05, 4.69) is 15.3 Å². The van der Waals surface area contributed by atoms with Crippen molar-refractivity contribution < 1.29 is 9.53 Å². The highest BCUT2D eigenvalue weighted by Crippen LogP contribution is 2.09. The minimum absolute atomic E-state index is 0.346. The van der Waals surface area contributed by atoms with E-state index in [9.17, 15) is 4.79 Å². The zero-order valence-corrected chi connectivity index (χ0v) is 12.5. The zero-order chi connectivity index (χ0) is 15.1. The maximum Gasteiger partial charge on any atom is 0.338 e. The Bertz CT molecular complexity index is 690. The van der Waals surface area contributed by atoms with Crippen LogP contribution in [0.4, 0.5) is 0 Å². The second kappa shape index (κ2) is 7.49. The smallest absolute Gasteiger partial charge is 0.338 e. The van der Waals surface area contributed by atoms with Gasteiger partial charge >= 0.3 is 5.97 Å². The molecule has 0 aliphatic carbocycles. The Morgan fingerprint density at radius 3 is 3.05 bits per heavy atom. The van der Waals surface area contributed by atoms with Crippen LogP contribution in [0.3, 0.4) is 0 Å². The fraction of sp³-hybridized carbons (Fsp3) is 0.286. The molecule has 2 aromatic rings. The number of unbranched alkanes of at least 4 members (excludes halogenated alkanes) is 1. The fourth-order valence-corrected chi connectivity index (χ4v) is 1.78. The summed E-state index contributed by atoms with van der Waals surface area (Å²) in [4.78, 5) is 12.0. The molecule has 0 saturated heterocycles. The van der Waals surface area contributed by atoms with Crippen LogP contribution in [0.15, 0.2) is 35.7 Å². The predicted octanol–water partition coefficient (Wildman–Crippen LogP) is 2.78. The van der Waals surface area contributed by atoms with Crippen LogP contribution in [0.1, 0.15) is 35.7 Å². The van der Waals surface area contributed by atoms with Gasteiger partial charge in [-0.15, -0.1) is 0 Å². The molecule has 1 aromatic heterocycles. The van der Waals surface area contributed by atoms with Crippen LogP contribution in [-0.2, 0) is 4.74 Å². The minimum Gasteiger partial charge on any atom is -0.462 e. The molecule has 110 valence electrons. The number of carbonyl (C=O) groups is 1. The van der Waals surface area contributed by atoms with E-state index in [0.717, 1.165) is 12.8 Å². The molecule has 0 amide bonds. The molecule has 0 radical (unpaired) electrons. The van der Waals surface area contributed by atoms with Gasteiger partial charge in [0, 0.05) is 5.56 Å². The molecule has 6 nitrogen and oxygen atoms in total. The van der Waals surface area contributed by atoms with Gasteiger partial charge in [-0.3, -0.25) is 5.10 Å². The summed E-state index contributed by atoms with van der Waals surface area (Å²) in [5.74, 6) is -0.346. The first-order valence-corrected chi connectivity index (χ1v) is 7.05. The summed E-state index contributed by atoms with van der Waals surface area (Å²) in [6, 6.07) is 7.13. The number of ether oxygens (including phenoxy) is 1. The number of hydrogen-bond acceptors (Lipinski definition) is 5. The third-order valence-electron chi connectivity index (χ3n) is 2.77. The molecular formula is C14H16N4O2S. The van der Waals surface area contributed by atoms with Crippen molar-refractivity contribution in [2.24, 2.45) is 5.10 Å². The molecule has 1 N–H and O–H groups in total. The normalized spacial score (nSPS) is 10.9. The number of aromatic nitrogens is 3. The Balaban J connectivity index is 2.17. The van der Waals surface area contributed by atoms with Gasteiger partial charge in [0.1, 0.15) is 6.33 Å². The SMILES string of the molecule is CCCCOC(=O)c1ccccc1/C=N\n1cn[nH]c1=S. The van der Waals surface area contributed by atoms with E-state index < -0.39 is 0 Å². The second-order valence-electron chi connectivity index (χ2n) is 4.33. The molecule has 0 atom stereocenters. The van der Waals surface area contributed by atoms with Crippen LogP contribution in [0.2, 0.25) is 0 Å². The molecule has 0 unspecified atom stereocenters. The molecule has 0 fully saturated rings. The molecule has 1 aromatic carbocycles. The van der Waals surface area contributed by atoms with Crippen molar-refractivity contribution in [1.82, 2.24) is 14.9 Å². The van der Waals surface area contributed by atoms with E-state index in [1.807, 2.05) is 13.0 Å². The van der Waals surface area contributed by atoms with Crippen LogP contribution in [0.5, 0.6) is 0 Å². The Hall–Kier alpha value is -2.28.